The van der Waals surface area contributed by atoms with Crippen LogP contribution in [0.15, 0.2) is 52.4 Å². The average Bonchev–Trinajstić information content (AvgIpc) is 3.48. The van der Waals surface area contributed by atoms with Crippen LogP contribution in [0.4, 0.5) is 0 Å². The summed E-state index contributed by atoms with van der Waals surface area (Å²) in [5.41, 5.74) is 3.39. The minimum absolute atomic E-state index is 0.0116. The number of para-hydroxylation sites is 1. The van der Waals surface area contributed by atoms with Gasteiger partial charge in [0.05, 0.1) is 21.8 Å². The van der Waals surface area contributed by atoms with E-state index in [1.54, 1.807) is 10.6 Å². The summed E-state index contributed by atoms with van der Waals surface area (Å²) in [6, 6.07) is 13.7. The third-order valence-electron chi connectivity index (χ3n) is 4.93. The molecule has 0 radical (unpaired) electrons. The van der Waals surface area contributed by atoms with Crippen molar-refractivity contribution in [1.29, 1.82) is 0 Å². The molecular formula is C22H23N3O2S. The van der Waals surface area contributed by atoms with Crippen molar-refractivity contribution >= 4 is 28.6 Å². The standard InChI is InChI=1S/C22H23N3O2S/c1-13-8-9-14(2)19(12-13)25-21(27)17-6-4-5-7-18(17)24-22(25)28-15(3)20(26)23-16-10-11-16/h4-9,12,15-16H,10-11H2,1-3H3,(H,23,26). The first-order chi connectivity index (χ1) is 13.4. The van der Waals surface area contributed by atoms with Gasteiger partial charge in [-0.3, -0.25) is 14.2 Å². The smallest absolute Gasteiger partial charge is 0.266 e. The van der Waals surface area contributed by atoms with Gasteiger partial charge >= 0.3 is 0 Å². The summed E-state index contributed by atoms with van der Waals surface area (Å²) >= 11 is 1.33. The number of thioether (sulfide) groups is 1. The molecule has 1 heterocycles. The van der Waals surface area contributed by atoms with Crippen molar-refractivity contribution in [1.82, 2.24) is 14.9 Å². The molecule has 0 saturated heterocycles. The number of nitrogens with one attached hydrogen (secondary N) is 1. The van der Waals surface area contributed by atoms with Crippen LogP contribution < -0.4 is 10.9 Å². The van der Waals surface area contributed by atoms with Crippen LogP contribution in [-0.4, -0.2) is 26.8 Å². The molecule has 144 valence electrons. The van der Waals surface area contributed by atoms with Gasteiger partial charge in [-0.15, -0.1) is 0 Å². The first kappa shape index (κ1) is 18.7. The van der Waals surface area contributed by atoms with Gasteiger partial charge in [0.1, 0.15) is 0 Å². The Bertz CT molecular complexity index is 1120. The predicted octanol–water partition coefficient (Wildman–Crippen LogP) is 3.76. The molecule has 6 heteroatoms. The summed E-state index contributed by atoms with van der Waals surface area (Å²) in [6.45, 7) is 5.84. The highest BCUT2D eigenvalue weighted by Gasteiger charge is 2.27. The van der Waals surface area contributed by atoms with Gasteiger partial charge in [0.25, 0.3) is 5.56 Å². The highest BCUT2D eigenvalue weighted by Crippen LogP contribution is 2.28. The fourth-order valence-electron chi connectivity index (χ4n) is 3.12. The number of aromatic nitrogens is 2. The molecule has 1 unspecified atom stereocenters. The van der Waals surface area contributed by atoms with Gasteiger partial charge in [0.15, 0.2) is 5.16 Å². The summed E-state index contributed by atoms with van der Waals surface area (Å²) in [6.07, 6.45) is 2.09. The molecular weight excluding hydrogens is 370 g/mol. The van der Waals surface area contributed by atoms with Crippen LogP contribution in [0.3, 0.4) is 0 Å². The molecule has 1 aliphatic carbocycles. The van der Waals surface area contributed by atoms with Crippen LogP contribution in [0.5, 0.6) is 0 Å². The van der Waals surface area contributed by atoms with Crippen molar-refractivity contribution in [3.63, 3.8) is 0 Å². The van der Waals surface area contributed by atoms with Gasteiger partial charge in [-0.1, -0.05) is 36.0 Å². The Hall–Kier alpha value is -2.60. The second-order valence-corrected chi connectivity index (χ2v) is 8.69. The zero-order valence-corrected chi connectivity index (χ0v) is 17.0. The molecule has 1 N–H and O–H groups in total. The zero-order chi connectivity index (χ0) is 19.8. The third kappa shape index (κ3) is 3.69. The molecule has 3 aromatic rings. The molecule has 1 amide bonds. The first-order valence-electron chi connectivity index (χ1n) is 9.50. The number of rotatable bonds is 5. The van der Waals surface area contributed by atoms with Crippen molar-refractivity contribution in [3.05, 3.63) is 63.9 Å². The van der Waals surface area contributed by atoms with E-state index in [9.17, 15) is 9.59 Å². The summed E-state index contributed by atoms with van der Waals surface area (Å²) in [7, 11) is 0. The van der Waals surface area contributed by atoms with E-state index in [1.807, 2.05) is 57.2 Å². The summed E-state index contributed by atoms with van der Waals surface area (Å²) in [5.74, 6) is -0.0116. The van der Waals surface area contributed by atoms with Crippen molar-refractivity contribution in [2.45, 2.75) is 50.1 Å². The van der Waals surface area contributed by atoms with Gasteiger partial charge in [0, 0.05) is 6.04 Å². The van der Waals surface area contributed by atoms with Gasteiger partial charge < -0.3 is 5.32 Å². The normalized spacial score (nSPS) is 14.8. The molecule has 1 aliphatic rings. The monoisotopic (exact) mass is 393 g/mol. The van der Waals surface area contributed by atoms with E-state index in [1.165, 1.54) is 11.8 Å². The summed E-state index contributed by atoms with van der Waals surface area (Å²) < 4.78 is 1.65. The highest BCUT2D eigenvalue weighted by molar-refractivity contribution is 8.00. The third-order valence-corrected chi connectivity index (χ3v) is 5.98. The lowest BCUT2D eigenvalue weighted by Gasteiger charge is -2.18. The van der Waals surface area contributed by atoms with E-state index in [0.717, 1.165) is 29.7 Å². The van der Waals surface area contributed by atoms with E-state index < -0.39 is 0 Å². The van der Waals surface area contributed by atoms with Crippen molar-refractivity contribution in [2.24, 2.45) is 0 Å². The number of carbonyl (C=O) groups excluding carboxylic acids is 1. The maximum Gasteiger partial charge on any atom is 0.266 e. The van der Waals surface area contributed by atoms with E-state index in [4.69, 9.17) is 4.98 Å². The molecule has 0 spiro atoms. The second kappa shape index (κ2) is 7.43. The lowest BCUT2D eigenvalue weighted by Crippen LogP contribution is -2.33. The van der Waals surface area contributed by atoms with E-state index in [-0.39, 0.29) is 16.7 Å². The zero-order valence-electron chi connectivity index (χ0n) is 16.2. The molecule has 4 rings (SSSR count). The number of nitrogens with zero attached hydrogens (tertiary/aromatic N) is 2. The lowest BCUT2D eigenvalue weighted by atomic mass is 10.1. The fourth-order valence-corrected chi connectivity index (χ4v) is 4.05. The summed E-state index contributed by atoms with van der Waals surface area (Å²) in [4.78, 5) is 30.6. The first-order valence-corrected chi connectivity index (χ1v) is 10.4. The van der Waals surface area contributed by atoms with Crippen molar-refractivity contribution in [2.75, 3.05) is 0 Å². The topological polar surface area (TPSA) is 64.0 Å². The van der Waals surface area contributed by atoms with Crippen LogP contribution in [0, 0.1) is 13.8 Å². The van der Waals surface area contributed by atoms with Crippen LogP contribution in [-0.2, 0) is 4.79 Å². The van der Waals surface area contributed by atoms with Crippen LogP contribution in [0.2, 0.25) is 0 Å². The highest BCUT2D eigenvalue weighted by atomic mass is 32.2. The Kier molecular flexibility index (Phi) is 4.98. The number of fused-ring (bicyclic) bond motifs is 1. The Morgan fingerprint density at radius 3 is 2.71 bits per heavy atom. The largest absolute Gasteiger partial charge is 0.352 e. The molecule has 5 nitrogen and oxygen atoms in total. The predicted molar refractivity (Wildman–Crippen MR) is 113 cm³/mol. The molecule has 0 bridgehead atoms. The number of hydrogen-bond acceptors (Lipinski definition) is 4. The Labute approximate surface area is 168 Å². The number of carbonyl (C=O) groups is 1. The summed E-state index contributed by atoms with van der Waals surface area (Å²) in [5, 5.41) is 3.80. The van der Waals surface area contributed by atoms with Gasteiger partial charge in [-0.2, -0.15) is 0 Å². The minimum atomic E-state index is -0.343. The number of benzene rings is 2. The van der Waals surface area contributed by atoms with E-state index >= 15 is 0 Å². The maximum atomic E-state index is 13.4. The van der Waals surface area contributed by atoms with Crippen LogP contribution >= 0.6 is 11.8 Å². The van der Waals surface area contributed by atoms with E-state index in [2.05, 4.69) is 5.32 Å². The number of aryl methyl sites for hydroxylation is 2. The molecule has 1 saturated carbocycles. The van der Waals surface area contributed by atoms with Gasteiger partial charge in [-0.05, 0) is 62.9 Å². The van der Waals surface area contributed by atoms with Crippen molar-refractivity contribution in [3.8, 4) is 5.69 Å². The average molecular weight is 394 g/mol. The van der Waals surface area contributed by atoms with Crippen LogP contribution in [0.25, 0.3) is 16.6 Å². The number of amides is 1. The lowest BCUT2D eigenvalue weighted by molar-refractivity contribution is -0.120. The van der Waals surface area contributed by atoms with E-state index in [0.29, 0.717) is 22.1 Å². The second-order valence-electron chi connectivity index (χ2n) is 7.38. The quantitative estimate of drug-likeness (QED) is 0.529. The molecule has 1 atom stereocenters. The molecule has 1 aromatic heterocycles. The molecule has 28 heavy (non-hydrogen) atoms. The number of hydrogen-bond donors (Lipinski definition) is 1. The Balaban J connectivity index is 1.84. The Morgan fingerprint density at radius 2 is 1.96 bits per heavy atom. The minimum Gasteiger partial charge on any atom is -0.352 e. The Morgan fingerprint density at radius 1 is 1.21 bits per heavy atom. The molecule has 1 fully saturated rings. The SMILES string of the molecule is Cc1ccc(C)c(-n2c(SC(C)C(=O)NC3CC3)nc3ccccc3c2=O)c1. The van der Waals surface area contributed by atoms with Crippen molar-refractivity contribution < 1.29 is 4.79 Å². The van der Waals surface area contributed by atoms with Crippen LogP contribution in [0.1, 0.15) is 30.9 Å². The van der Waals surface area contributed by atoms with Gasteiger partial charge in [0.2, 0.25) is 5.91 Å². The van der Waals surface area contributed by atoms with Gasteiger partial charge in [-0.25, -0.2) is 4.98 Å². The fraction of sp³-hybridized carbons (Fsp3) is 0.318. The molecule has 0 aliphatic heterocycles. The maximum absolute atomic E-state index is 13.4. The molecule has 2 aromatic carbocycles.